The molecule has 0 spiro atoms. The maximum Gasteiger partial charge on any atom is 0.271 e. The molecule has 0 heterocycles. The predicted octanol–water partition coefficient (Wildman–Crippen LogP) is 5.09. The van der Waals surface area contributed by atoms with Crippen LogP contribution in [0.3, 0.4) is 0 Å². The van der Waals surface area contributed by atoms with Crippen LogP contribution in [0.2, 0.25) is 5.02 Å². The highest BCUT2D eigenvalue weighted by molar-refractivity contribution is 7.93. The van der Waals surface area contributed by atoms with E-state index in [2.05, 4.69) is 0 Å². The van der Waals surface area contributed by atoms with E-state index in [0.717, 1.165) is 15.4 Å². The molecule has 3 aromatic rings. The third-order valence-electron chi connectivity index (χ3n) is 4.35. The van der Waals surface area contributed by atoms with Gasteiger partial charge in [-0.15, -0.1) is 0 Å². The van der Waals surface area contributed by atoms with Crippen molar-refractivity contribution in [2.24, 2.45) is 0 Å². The van der Waals surface area contributed by atoms with Gasteiger partial charge in [-0.2, -0.15) is 4.31 Å². The summed E-state index contributed by atoms with van der Waals surface area (Å²) < 4.78 is 32.5. The van der Waals surface area contributed by atoms with Gasteiger partial charge < -0.3 is 4.74 Å². The number of sulfonamides is 1. The topological polar surface area (TPSA) is 63.7 Å². The second kappa shape index (κ2) is 9.15. The van der Waals surface area contributed by atoms with Crippen LogP contribution in [0.1, 0.15) is 11.1 Å². The molecule has 0 fully saturated rings. The molecule has 0 atom stereocenters. The van der Waals surface area contributed by atoms with Crippen LogP contribution in [0.4, 0.5) is 5.69 Å². The quantitative estimate of drug-likeness (QED) is 0.499. The highest BCUT2D eigenvalue weighted by Gasteiger charge is 2.29. The molecule has 7 heteroatoms. The van der Waals surface area contributed by atoms with E-state index in [0.29, 0.717) is 10.8 Å². The lowest BCUT2D eigenvalue weighted by Crippen LogP contribution is -2.35. The molecule has 0 aliphatic rings. The summed E-state index contributed by atoms with van der Waals surface area (Å²) in [5, 5.41) is 0.570. The maximum absolute atomic E-state index is 13.3. The summed E-state index contributed by atoms with van der Waals surface area (Å²) in [6.07, 6.45) is 2.76. The molecule has 0 radical (unpaired) electrons. The highest BCUT2D eigenvalue weighted by Crippen LogP contribution is 2.27. The minimum atomic E-state index is -4.13. The summed E-state index contributed by atoms with van der Waals surface area (Å²) >= 11 is 5.88. The Bertz CT molecular complexity index is 1150. The molecule has 0 saturated carbocycles. The molecular weight excluding hydrogens is 422 g/mol. The van der Waals surface area contributed by atoms with Gasteiger partial charge in [0.05, 0.1) is 17.7 Å². The molecule has 0 aliphatic carbocycles. The smallest absolute Gasteiger partial charge is 0.271 e. The molecule has 3 rings (SSSR count). The van der Waals surface area contributed by atoms with Crippen molar-refractivity contribution in [1.29, 1.82) is 0 Å². The van der Waals surface area contributed by atoms with Crippen LogP contribution in [0.5, 0.6) is 5.75 Å². The summed E-state index contributed by atoms with van der Waals surface area (Å²) in [6.45, 7) is 1.86. The van der Waals surface area contributed by atoms with Crippen LogP contribution < -0.4 is 9.04 Å². The van der Waals surface area contributed by atoms with E-state index in [1.807, 2.05) is 6.92 Å². The lowest BCUT2D eigenvalue weighted by molar-refractivity contribution is -0.113. The van der Waals surface area contributed by atoms with Gasteiger partial charge in [0.25, 0.3) is 15.9 Å². The number of carbonyl (C=O) groups is 1. The van der Waals surface area contributed by atoms with Crippen LogP contribution in [-0.2, 0) is 14.8 Å². The van der Waals surface area contributed by atoms with E-state index in [1.165, 1.54) is 37.5 Å². The Hall–Kier alpha value is -3.09. The second-order valence-electron chi connectivity index (χ2n) is 6.50. The minimum Gasteiger partial charge on any atom is -0.497 e. The molecule has 30 heavy (non-hydrogen) atoms. The first kappa shape index (κ1) is 21.6. The summed E-state index contributed by atoms with van der Waals surface area (Å²) in [5.41, 5.74) is 1.84. The number of halogens is 1. The van der Waals surface area contributed by atoms with Crippen LogP contribution in [0.15, 0.2) is 83.8 Å². The first-order valence-electron chi connectivity index (χ1n) is 9.05. The summed E-state index contributed by atoms with van der Waals surface area (Å²) in [6, 6.07) is 19.4. The molecule has 0 aliphatic heterocycles. The summed E-state index contributed by atoms with van der Waals surface area (Å²) in [5.74, 6) is -0.147. The number of rotatable bonds is 6. The summed E-state index contributed by atoms with van der Waals surface area (Å²) in [4.78, 5) is 13.1. The van der Waals surface area contributed by atoms with E-state index in [4.69, 9.17) is 16.3 Å². The van der Waals surface area contributed by atoms with E-state index in [-0.39, 0.29) is 10.6 Å². The molecule has 0 unspecified atom stereocenters. The molecule has 0 N–H and O–H groups in total. The number of amides is 1. The Kier molecular flexibility index (Phi) is 6.59. The van der Waals surface area contributed by atoms with Crippen LogP contribution in [0, 0.1) is 6.92 Å². The molecule has 154 valence electrons. The zero-order valence-electron chi connectivity index (χ0n) is 16.4. The van der Waals surface area contributed by atoms with Crippen molar-refractivity contribution < 1.29 is 17.9 Å². The zero-order valence-corrected chi connectivity index (χ0v) is 18.0. The van der Waals surface area contributed by atoms with Crippen molar-refractivity contribution in [2.45, 2.75) is 11.8 Å². The fourth-order valence-corrected chi connectivity index (χ4v) is 4.24. The monoisotopic (exact) mass is 441 g/mol. The Labute approximate surface area is 181 Å². The first-order chi connectivity index (χ1) is 14.3. The van der Waals surface area contributed by atoms with Gasteiger partial charge in [0.15, 0.2) is 0 Å². The molecule has 0 aromatic heterocycles. The van der Waals surface area contributed by atoms with Crippen molar-refractivity contribution in [3.63, 3.8) is 0 Å². The molecular formula is C23H20ClNO4S. The van der Waals surface area contributed by atoms with Crippen LogP contribution in [0.25, 0.3) is 6.08 Å². The number of hydrogen-bond donors (Lipinski definition) is 0. The zero-order chi connectivity index (χ0) is 21.7. The molecule has 0 bridgehead atoms. The Morgan fingerprint density at radius 2 is 1.53 bits per heavy atom. The third-order valence-corrected chi connectivity index (χ3v) is 6.35. The van der Waals surface area contributed by atoms with E-state index in [1.54, 1.807) is 54.6 Å². The number of ether oxygens (including phenoxy) is 1. The van der Waals surface area contributed by atoms with Gasteiger partial charge in [0, 0.05) is 11.1 Å². The second-order valence-corrected chi connectivity index (χ2v) is 8.73. The van der Waals surface area contributed by atoms with Crippen molar-refractivity contribution >= 4 is 39.3 Å². The van der Waals surface area contributed by atoms with Crippen molar-refractivity contribution in [3.8, 4) is 5.75 Å². The Morgan fingerprint density at radius 1 is 0.933 bits per heavy atom. The number of aryl methyl sites for hydroxylation is 1. The maximum atomic E-state index is 13.3. The molecule has 1 amide bonds. The highest BCUT2D eigenvalue weighted by atomic mass is 35.5. The van der Waals surface area contributed by atoms with Crippen LogP contribution in [-0.4, -0.2) is 21.4 Å². The van der Waals surface area contributed by atoms with E-state index < -0.39 is 15.9 Å². The fourth-order valence-electron chi connectivity index (χ4n) is 2.73. The minimum absolute atomic E-state index is 0.0251. The largest absolute Gasteiger partial charge is 0.497 e. The number of carbonyl (C=O) groups excluding carboxylic acids is 1. The predicted molar refractivity (Wildman–Crippen MR) is 119 cm³/mol. The van der Waals surface area contributed by atoms with Gasteiger partial charge in [-0.05, 0) is 67.1 Å². The lowest BCUT2D eigenvalue weighted by atomic mass is 10.2. The first-order valence-corrected chi connectivity index (χ1v) is 10.9. The van der Waals surface area contributed by atoms with Gasteiger partial charge in [-0.1, -0.05) is 41.4 Å². The summed E-state index contributed by atoms with van der Waals surface area (Å²) in [7, 11) is -2.62. The number of benzene rings is 3. The van der Waals surface area contributed by atoms with Crippen LogP contribution >= 0.6 is 11.6 Å². The van der Waals surface area contributed by atoms with Crippen molar-refractivity contribution in [2.75, 3.05) is 11.4 Å². The molecule has 0 saturated heterocycles. The van der Waals surface area contributed by atoms with Gasteiger partial charge in [0.1, 0.15) is 5.75 Å². The van der Waals surface area contributed by atoms with Gasteiger partial charge in [0.2, 0.25) is 0 Å². The lowest BCUT2D eigenvalue weighted by Gasteiger charge is -2.21. The van der Waals surface area contributed by atoms with E-state index in [9.17, 15) is 13.2 Å². The number of nitrogens with zero attached hydrogens (tertiary/aromatic N) is 1. The Morgan fingerprint density at radius 3 is 2.10 bits per heavy atom. The van der Waals surface area contributed by atoms with Gasteiger partial charge in [-0.25, -0.2) is 8.42 Å². The fraction of sp³-hybridized carbons (Fsp3) is 0.0870. The average molecular weight is 442 g/mol. The van der Waals surface area contributed by atoms with Crippen molar-refractivity contribution in [3.05, 3.63) is 95.0 Å². The van der Waals surface area contributed by atoms with Gasteiger partial charge in [-0.3, -0.25) is 4.79 Å². The number of anilines is 1. The standard InChI is InChI=1S/C23H20ClNO4S/c1-17-3-14-22(15-4-17)30(27,28)25(20-10-12-21(29-2)13-11-20)23(26)16-7-18-5-8-19(24)9-6-18/h3-16H,1-2H3. The normalized spacial score (nSPS) is 11.4. The van der Waals surface area contributed by atoms with Crippen molar-refractivity contribution in [1.82, 2.24) is 0 Å². The van der Waals surface area contributed by atoms with Gasteiger partial charge >= 0.3 is 0 Å². The SMILES string of the molecule is COc1ccc(N(C(=O)C=Cc2ccc(Cl)cc2)S(=O)(=O)c2ccc(C)cc2)cc1. The third kappa shape index (κ3) is 4.90. The molecule has 3 aromatic carbocycles. The molecule has 5 nitrogen and oxygen atoms in total. The number of methoxy groups -OCH3 is 1. The average Bonchev–Trinajstić information content (AvgIpc) is 2.74. The Balaban J connectivity index is 2.03. The van der Waals surface area contributed by atoms with E-state index >= 15 is 0 Å². The number of hydrogen-bond acceptors (Lipinski definition) is 4.